The van der Waals surface area contributed by atoms with Crippen LogP contribution in [0.5, 0.6) is 0 Å². The molecule has 0 atom stereocenters. The molecule has 1 aliphatic rings. The average Bonchev–Trinajstić information content (AvgIpc) is 3.67. The number of para-hydroxylation sites is 1. The highest BCUT2D eigenvalue weighted by atomic mass is 32.2. The van der Waals surface area contributed by atoms with Crippen molar-refractivity contribution in [1.82, 2.24) is 14.5 Å². The number of thiazole rings is 2. The first-order chi connectivity index (χ1) is 20.0. The first-order valence-corrected chi connectivity index (χ1v) is 16.9. The van der Waals surface area contributed by atoms with E-state index >= 15 is 0 Å². The molecule has 11 heteroatoms. The van der Waals surface area contributed by atoms with Crippen LogP contribution in [-0.4, -0.2) is 37.9 Å². The van der Waals surface area contributed by atoms with Gasteiger partial charge in [0.25, 0.3) is 0 Å². The molecule has 0 bridgehead atoms. The number of hydrogen-bond donors (Lipinski definition) is 2. The molecule has 3 heterocycles. The van der Waals surface area contributed by atoms with Gasteiger partial charge in [0.05, 0.1) is 37.5 Å². The molecule has 3 aromatic heterocycles. The van der Waals surface area contributed by atoms with Crippen LogP contribution in [-0.2, 0) is 17.6 Å². The van der Waals surface area contributed by atoms with Crippen molar-refractivity contribution >= 4 is 101 Å². The minimum Gasteiger partial charge on any atom is -0.399 e. The van der Waals surface area contributed by atoms with Gasteiger partial charge in [0.1, 0.15) is 0 Å². The lowest BCUT2D eigenvalue weighted by atomic mass is 9.96. The highest BCUT2D eigenvalue weighted by Crippen LogP contribution is 2.35. The van der Waals surface area contributed by atoms with Gasteiger partial charge in [-0.05, 0) is 73.7 Å². The number of carbonyl (C=O) groups excluding carboxylic acids is 2. The van der Waals surface area contributed by atoms with E-state index < -0.39 is 0 Å². The van der Waals surface area contributed by atoms with E-state index in [1.54, 1.807) is 0 Å². The SMILES string of the molecule is Nc1ccc2nc(SCC(=O)Nc3ccc4nc(SCC(=O)n5c6c(c7ccccc75)CCCC6)sc4c3)sc2c1. The van der Waals surface area contributed by atoms with Crippen molar-refractivity contribution < 1.29 is 9.59 Å². The first-order valence-electron chi connectivity index (χ1n) is 13.3. The van der Waals surface area contributed by atoms with Gasteiger partial charge in [-0.25, -0.2) is 9.97 Å². The van der Waals surface area contributed by atoms with Crippen LogP contribution in [0.3, 0.4) is 0 Å². The molecule has 0 unspecified atom stereocenters. The second-order valence-electron chi connectivity index (χ2n) is 9.87. The summed E-state index contributed by atoms with van der Waals surface area (Å²) in [5.41, 5.74) is 12.6. The van der Waals surface area contributed by atoms with Crippen molar-refractivity contribution in [1.29, 1.82) is 0 Å². The smallest absolute Gasteiger partial charge is 0.241 e. The summed E-state index contributed by atoms with van der Waals surface area (Å²) in [4.78, 5) is 35.4. The molecule has 0 spiro atoms. The lowest BCUT2D eigenvalue weighted by molar-refractivity contribution is -0.113. The van der Waals surface area contributed by atoms with Gasteiger partial charge in [0.2, 0.25) is 11.8 Å². The van der Waals surface area contributed by atoms with Crippen molar-refractivity contribution in [3.63, 3.8) is 0 Å². The Kier molecular flexibility index (Phi) is 7.20. The predicted molar refractivity (Wildman–Crippen MR) is 173 cm³/mol. The number of thioether (sulfide) groups is 2. The lowest BCUT2D eigenvalue weighted by Crippen LogP contribution is -2.18. The molecular weight excluding hydrogens is 591 g/mol. The minimum absolute atomic E-state index is 0.0932. The summed E-state index contributed by atoms with van der Waals surface area (Å²) in [6, 6.07) is 19.6. The Labute approximate surface area is 252 Å². The molecule has 7 nitrogen and oxygen atoms in total. The number of rotatable bonds is 7. The summed E-state index contributed by atoms with van der Waals surface area (Å²) >= 11 is 5.96. The zero-order valence-corrected chi connectivity index (χ0v) is 25.2. The molecule has 0 saturated heterocycles. The average molecular weight is 616 g/mol. The molecule has 6 aromatic rings. The van der Waals surface area contributed by atoms with E-state index in [2.05, 4.69) is 28.5 Å². The number of amides is 1. The van der Waals surface area contributed by atoms with Crippen molar-refractivity contribution in [3.05, 3.63) is 71.9 Å². The fraction of sp³-hybridized carbons (Fsp3) is 0.200. The van der Waals surface area contributed by atoms with Crippen molar-refractivity contribution in [2.75, 3.05) is 22.6 Å². The number of nitrogens with two attached hydrogens (primary N) is 1. The second-order valence-corrected chi connectivity index (χ2v) is 14.4. The maximum absolute atomic E-state index is 13.4. The molecule has 0 fully saturated rings. The van der Waals surface area contributed by atoms with Gasteiger partial charge in [0.15, 0.2) is 8.68 Å². The fourth-order valence-electron chi connectivity index (χ4n) is 5.32. The molecule has 206 valence electrons. The molecule has 3 N–H and O–H groups in total. The highest BCUT2D eigenvalue weighted by molar-refractivity contribution is 8.02. The maximum atomic E-state index is 13.4. The highest BCUT2D eigenvalue weighted by Gasteiger charge is 2.23. The zero-order chi connectivity index (χ0) is 27.9. The van der Waals surface area contributed by atoms with Gasteiger partial charge in [-0.3, -0.25) is 14.2 Å². The van der Waals surface area contributed by atoms with E-state index in [4.69, 9.17) is 10.7 Å². The van der Waals surface area contributed by atoms with Crippen LogP contribution in [0.15, 0.2) is 69.3 Å². The summed E-state index contributed by atoms with van der Waals surface area (Å²) in [6.07, 6.45) is 4.28. The van der Waals surface area contributed by atoms with Gasteiger partial charge >= 0.3 is 0 Å². The Morgan fingerprint density at radius 1 is 0.878 bits per heavy atom. The molecular formula is C30H25N5O2S4. The molecule has 41 heavy (non-hydrogen) atoms. The molecule has 7 rings (SSSR count). The number of anilines is 2. The predicted octanol–water partition coefficient (Wildman–Crippen LogP) is 7.49. The van der Waals surface area contributed by atoms with Crippen LogP contribution in [0.25, 0.3) is 31.3 Å². The van der Waals surface area contributed by atoms with E-state index in [0.29, 0.717) is 11.4 Å². The standard InChI is InChI=1S/C30H25N5O2S4/c31-17-9-11-21-25(13-17)40-29(33-21)38-15-27(36)32-18-10-12-22-26(14-18)41-30(34-22)39-16-28(37)35-23-7-3-1-5-19(23)20-6-2-4-8-24(20)35/h1,3,5,7,9-14H,2,4,6,8,15-16,31H2,(H,32,36). The van der Waals surface area contributed by atoms with Crippen molar-refractivity contribution in [2.45, 2.75) is 34.4 Å². The number of nitrogens with zero attached hydrogens (tertiary/aromatic N) is 3. The second kappa shape index (κ2) is 11.1. The number of hydrogen-bond acceptors (Lipinski definition) is 9. The number of carbonyl (C=O) groups is 2. The van der Waals surface area contributed by atoms with E-state index in [1.807, 2.05) is 47.0 Å². The summed E-state index contributed by atoms with van der Waals surface area (Å²) in [5.74, 6) is 0.581. The molecule has 3 aromatic carbocycles. The Morgan fingerprint density at radius 2 is 1.59 bits per heavy atom. The molecule has 0 radical (unpaired) electrons. The van der Waals surface area contributed by atoms with Crippen molar-refractivity contribution in [3.8, 4) is 0 Å². The summed E-state index contributed by atoms with van der Waals surface area (Å²) in [7, 11) is 0. The normalized spacial score (nSPS) is 13.2. The first kappa shape index (κ1) is 26.5. The van der Waals surface area contributed by atoms with Gasteiger partial charge in [-0.2, -0.15) is 0 Å². The molecule has 0 saturated carbocycles. The topological polar surface area (TPSA) is 103 Å². The molecule has 1 amide bonds. The fourth-order valence-corrected chi connectivity index (χ4v) is 9.19. The quantitative estimate of drug-likeness (QED) is 0.142. The molecule has 1 aliphatic carbocycles. The number of aromatic nitrogens is 3. The third kappa shape index (κ3) is 5.34. The van der Waals surface area contributed by atoms with Gasteiger partial charge in [-0.1, -0.05) is 41.7 Å². The maximum Gasteiger partial charge on any atom is 0.241 e. The lowest BCUT2D eigenvalue weighted by Gasteiger charge is -2.14. The van der Waals surface area contributed by atoms with Crippen LogP contribution in [0.1, 0.15) is 28.9 Å². The largest absolute Gasteiger partial charge is 0.399 e. The summed E-state index contributed by atoms with van der Waals surface area (Å²) in [5, 5.41) is 4.19. The number of aryl methyl sites for hydroxylation is 1. The third-order valence-electron chi connectivity index (χ3n) is 7.12. The Hall–Kier alpha value is -3.38. The minimum atomic E-state index is -0.0971. The number of nitrogen functional groups attached to an aromatic ring is 1. The van der Waals surface area contributed by atoms with Gasteiger partial charge in [0, 0.05) is 22.5 Å². The van der Waals surface area contributed by atoms with Gasteiger partial charge < -0.3 is 11.1 Å². The van der Waals surface area contributed by atoms with Crippen LogP contribution < -0.4 is 11.1 Å². The zero-order valence-electron chi connectivity index (χ0n) is 21.9. The van der Waals surface area contributed by atoms with Crippen molar-refractivity contribution in [2.24, 2.45) is 0 Å². The molecule has 0 aliphatic heterocycles. The number of benzene rings is 3. The number of fused-ring (bicyclic) bond motifs is 5. The Morgan fingerprint density at radius 3 is 2.41 bits per heavy atom. The van der Waals surface area contributed by atoms with Crippen LogP contribution in [0.4, 0.5) is 11.4 Å². The third-order valence-corrected chi connectivity index (χ3v) is 11.4. The monoisotopic (exact) mass is 615 g/mol. The van der Waals surface area contributed by atoms with Crippen LogP contribution in [0, 0.1) is 0 Å². The summed E-state index contributed by atoms with van der Waals surface area (Å²) < 4.78 is 5.61. The van der Waals surface area contributed by atoms with E-state index in [-0.39, 0.29) is 17.6 Å². The van der Waals surface area contributed by atoms with Crippen LogP contribution in [0.2, 0.25) is 0 Å². The van der Waals surface area contributed by atoms with E-state index in [9.17, 15) is 9.59 Å². The van der Waals surface area contributed by atoms with Crippen LogP contribution >= 0.6 is 46.2 Å². The van der Waals surface area contributed by atoms with E-state index in [1.165, 1.54) is 69.3 Å². The van der Waals surface area contributed by atoms with E-state index in [0.717, 1.165) is 59.6 Å². The number of nitrogens with one attached hydrogen (secondary N) is 1. The van der Waals surface area contributed by atoms with Gasteiger partial charge in [-0.15, -0.1) is 22.7 Å². The Balaban J connectivity index is 1.00. The summed E-state index contributed by atoms with van der Waals surface area (Å²) in [6.45, 7) is 0. The Bertz CT molecular complexity index is 1960.